The van der Waals surface area contributed by atoms with Crippen LogP contribution in [0.25, 0.3) is 11.5 Å². The van der Waals surface area contributed by atoms with E-state index >= 15 is 0 Å². The quantitative estimate of drug-likeness (QED) is 0.571. The van der Waals surface area contributed by atoms with Crippen LogP contribution in [-0.2, 0) is 16.1 Å². The number of aromatic nitrogens is 1. The number of hydrogen-bond donors (Lipinski definition) is 1. The Labute approximate surface area is 200 Å². The molecule has 2 aliphatic carbocycles. The lowest BCUT2D eigenvalue weighted by molar-refractivity contribution is -0.143. The van der Waals surface area contributed by atoms with Crippen LogP contribution >= 0.6 is 0 Å². The zero-order valence-corrected chi connectivity index (χ0v) is 20.2. The average Bonchev–Trinajstić information content (AvgIpc) is 3.48. The first-order valence-electron chi connectivity index (χ1n) is 12.2. The molecule has 1 amide bonds. The molecule has 0 unspecified atom stereocenters. The van der Waals surface area contributed by atoms with Gasteiger partial charge in [-0.15, -0.1) is 0 Å². The Bertz CT molecular complexity index is 1030. The first kappa shape index (κ1) is 24.1. The van der Waals surface area contributed by atoms with Crippen molar-refractivity contribution < 1.29 is 28.6 Å². The van der Waals surface area contributed by atoms with Crippen LogP contribution in [0, 0.1) is 19.8 Å². The Morgan fingerprint density at radius 1 is 1.15 bits per heavy atom. The van der Waals surface area contributed by atoms with Gasteiger partial charge in [0.25, 0.3) is 0 Å². The Morgan fingerprint density at radius 3 is 2.62 bits per heavy atom. The monoisotopic (exact) mass is 470 g/mol. The van der Waals surface area contributed by atoms with Crippen molar-refractivity contribution in [2.45, 2.75) is 84.0 Å². The number of carbonyl (C=O) groups is 2. The predicted octanol–water partition coefficient (Wildman–Crippen LogP) is 5.49. The Hall–Kier alpha value is -3.03. The summed E-state index contributed by atoms with van der Waals surface area (Å²) < 4.78 is 17.5. The van der Waals surface area contributed by atoms with Crippen molar-refractivity contribution in [2.24, 2.45) is 5.92 Å². The van der Waals surface area contributed by atoms with Crippen LogP contribution in [-0.4, -0.2) is 46.2 Å². The van der Waals surface area contributed by atoms with Crippen molar-refractivity contribution in [1.82, 2.24) is 9.88 Å². The van der Waals surface area contributed by atoms with Crippen LogP contribution in [0.3, 0.4) is 0 Å². The Kier molecular flexibility index (Phi) is 7.44. The van der Waals surface area contributed by atoms with Crippen molar-refractivity contribution in [3.63, 3.8) is 0 Å². The number of aryl methyl sites for hydroxylation is 2. The minimum absolute atomic E-state index is 0.116. The minimum Gasteiger partial charge on any atom is -0.489 e. The molecule has 0 spiro atoms. The number of furan rings is 1. The molecule has 2 saturated carbocycles. The van der Waals surface area contributed by atoms with Gasteiger partial charge in [0, 0.05) is 18.7 Å². The second-order valence-electron chi connectivity index (χ2n) is 9.55. The number of rotatable bonds is 7. The molecule has 34 heavy (non-hydrogen) atoms. The fourth-order valence-electron chi connectivity index (χ4n) is 4.99. The van der Waals surface area contributed by atoms with Gasteiger partial charge in [0.15, 0.2) is 5.76 Å². The van der Waals surface area contributed by atoms with Crippen LogP contribution in [0.15, 0.2) is 22.8 Å². The first-order chi connectivity index (χ1) is 16.3. The highest BCUT2D eigenvalue weighted by Crippen LogP contribution is 2.32. The minimum atomic E-state index is -0.755. The van der Waals surface area contributed by atoms with Gasteiger partial charge in [0.2, 0.25) is 0 Å². The van der Waals surface area contributed by atoms with Gasteiger partial charge in [-0.1, -0.05) is 12.8 Å². The van der Waals surface area contributed by atoms with Crippen LogP contribution in [0.4, 0.5) is 4.79 Å². The zero-order valence-electron chi connectivity index (χ0n) is 20.2. The lowest BCUT2D eigenvalue weighted by Crippen LogP contribution is -2.35. The van der Waals surface area contributed by atoms with Gasteiger partial charge in [-0.25, -0.2) is 9.78 Å². The molecule has 2 aliphatic rings. The number of amides is 1. The van der Waals surface area contributed by atoms with E-state index in [1.165, 1.54) is 0 Å². The SMILES string of the molecule is Cc1coc(-c2ccc(O[C@H]3CCC[C@H](C(=O)O)C3)c(C)n2)c1COC(=O)N(C)C1CCCC1. The number of carboxylic acids is 1. The molecule has 2 atom stereocenters. The molecule has 0 aromatic carbocycles. The summed E-state index contributed by atoms with van der Waals surface area (Å²) in [5.41, 5.74) is 3.03. The maximum absolute atomic E-state index is 12.5. The van der Waals surface area contributed by atoms with Crippen LogP contribution in [0.5, 0.6) is 5.75 Å². The van der Waals surface area contributed by atoms with Gasteiger partial charge in [-0.05, 0) is 70.1 Å². The molecule has 4 rings (SSSR count). The highest BCUT2D eigenvalue weighted by Gasteiger charge is 2.29. The molecule has 2 aromatic heterocycles. The summed E-state index contributed by atoms with van der Waals surface area (Å²) >= 11 is 0. The summed E-state index contributed by atoms with van der Waals surface area (Å²) in [4.78, 5) is 30.3. The van der Waals surface area contributed by atoms with E-state index < -0.39 is 5.97 Å². The summed E-state index contributed by atoms with van der Waals surface area (Å²) in [5.74, 6) is 0.117. The summed E-state index contributed by atoms with van der Waals surface area (Å²) in [7, 11) is 1.80. The molecule has 2 heterocycles. The maximum Gasteiger partial charge on any atom is 0.410 e. The van der Waals surface area contributed by atoms with E-state index in [1.54, 1.807) is 18.2 Å². The summed E-state index contributed by atoms with van der Waals surface area (Å²) in [6.07, 6.45) is 8.45. The molecule has 184 valence electrons. The van der Waals surface area contributed by atoms with Gasteiger partial charge >= 0.3 is 12.1 Å². The second kappa shape index (κ2) is 10.5. The van der Waals surface area contributed by atoms with Crippen molar-refractivity contribution in [1.29, 1.82) is 0 Å². The third-order valence-corrected chi connectivity index (χ3v) is 7.14. The molecule has 1 N–H and O–H groups in total. The number of ether oxygens (including phenoxy) is 2. The molecule has 2 fully saturated rings. The van der Waals surface area contributed by atoms with Gasteiger partial charge in [-0.2, -0.15) is 0 Å². The lowest BCUT2D eigenvalue weighted by atomic mass is 9.87. The van der Waals surface area contributed by atoms with E-state index in [9.17, 15) is 14.7 Å². The summed E-state index contributed by atoms with van der Waals surface area (Å²) in [6, 6.07) is 3.93. The van der Waals surface area contributed by atoms with Crippen LogP contribution in [0.1, 0.15) is 68.2 Å². The molecule has 0 saturated heterocycles. The van der Waals surface area contributed by atoms with E-state index in [1.807, 2.05) is 26.0 Å². The fourth-order valence-corrected chi connectivity index (χ4v) is 4.99. The smallest absolute Gasteiger partial charge is 0.410 e. The number of carboxylic acid groups (broad SMARTS) is 1. The molecule has 0 radical (unpaired) electrons. The third-order valence-electron chi connectivity index (χ3n) is 7.14. The van der Waals surface area contributed by atoms with Crippen LogP contribution < -0.4 is 4.74 Å². The molecule has 2 aromatic rings. The highest BCUT2D eigenvalue weighted by atomic mass is 16.6. The Morgan fingerprint density at radius 2 is 1.91 bits per heavy atom. The van der Waals surface area contributed by atoms with E-state index in [-0.39, 0.29) is 30.8 Å². The van der Waals surface area contributed by atoms with Crippen molar-refractivity contribution in [3.8, 4) is 17.2 Å². The second-order valence-corrected chi connectivity index (χ2v) is 9.55. The fraction of sp³-hybridized carbons (Fsp3) is 0.577. The maximum atomic E-state index is 12.5. The molecule has 0 aliphatic heterocycles. The van der Waals surface area contributed by atoms with Crippen molar-refractivity contribution in [2.75, 3.05) is 7.05 Å². The number of hydrogen-bond acceptors (Lipinski definition) is 6. The molecular weight excluding hydrogens is 436 g/mol. The standard InChI is InChI=1S/C26H34N2O6/c1-16-14-32-24(21(16)15-33-26(31)28(3)19-8-4-5-9-19)22-11-12-23(17(2)27-22)34-20-10-6-7-18(13-20)25(29)30/h11-12,14,18-20H,4-10,13,15H2,1-3H3,(H,29,30)/t18-,20-/m0/s1. The summed E-state index contributed by atoms with van der Waals surface area (Å²) in [5, 5.41) is 9.32. The number of nitrogens with zero attached hydrogens (tertiary/aromatic N) is 2. The topological polar surface area (TPSA) is 102 Å². The van der Waals surface area contributed by atoms with Gasteiger partial charge in [0.05, 0.1) is 24.0 Å². The predicted molar refractivity (Wildman–Crippen MR) is 126 cm³/mol. The van der Waals surface area contributed by atoms with Gasteiger partial charge in [0.1, 0.15) is 18.1 Å². The zero-order chi connectivity index (χ0) is 24.2. The van der Waals surface area contributed by atoms with E-state index in [0.29, 0.717) is 35.7 Å². The van der Waals surface area contributed by atoms with Crippen LogP contribution in [0.2, 0.25) is 0 Å². The molecule has 8 nitrogen and oxygen atoms in total. The Balaban J connectivity index is 1.43. The summed E-state index contributed by atoms with van der Waals surface area (Å²) in [6.45, 7) is 3.90. The molecule has 0 bridgehead atoms. The highest BCUT2D eigenvalue weighted by molar-refractivity contribution is 5.70. The average molecular weight is 471 g/mol. The van der Waals surface area contributed by atoms with E-state index in [0.717, 1.165) is 49.7 Å². The lowest BCUT2D eigenvalue weighted by Gasteiger charge is -2.27. The first-order valence-corrected chi connectivity index (χ1v) is 12.2. The largest absolute Gasteiger partial charge is 0.489 e. The third kappa shape index (κ3) is 5.37. The van der Waals surface area contributed by atoms with Gasteiger partial charge < -0.3 is 23.9 Å². The normalized spacial score (nSPS) is 20.8. The van der Waals surface area contributed by atoms with E-state index in [2.05, 4.69) is 4.98 Å². The van der Waals surface area contributed by atoms with Crippen molar-refractivity contribution >= 4 is 12.1 Å². The van der Waals surface area contributed by atoms with Gasteiger partial charge in [-0.3, -0.25) is 4.79 Å². The number of carbonyl (C=O) groups excluding carboxylic acids is 1. The van der Waals surface area contributed by atoms with E-state index in [4.69, 9.17) is 13.9 Å². The number of pyridine rings is 1. The number of aliphatic carboxylic acids is 1. The van der Waals surface area contributed by atoms with Crippen molar-refractivity contribution in [3.05, 3.63) is 35.2 Å². The molecule has 8 heteroatoms. The molecular formula is C26H34N2O6.